The zero-order chi connectivity index (χ0) is 23.7. The molecule has 0 bridgehead atoms. The Morgan fingerprint density at radius 1 is 1.25 bits per heavy atom. The van der Waals surface area contributed by atoms with E-state index in [-0.39, 0.29) is 49.3 Å². The van der Waals surface area contributed by atoms with Crippen molar-refractivity contribution in [1.29, 1.82) is 0 Å². The molecule has 1 aliphatic heterocycles. The Kier molecular flexibility index (Phi) is 7.20. The molecule has 0 unspecified atom stereocenters. The van der Waals surface area contributed by atoms with Crippen LogP contribution in [0.1, 0.15) is 18.9 Å². The Hall–Kier alpha value is -2.12. The van der Waals surface area contributed by atoms with Gasteiger partial charge >= 0.3 is 15.2 Å². The summed E-state index contributed by atoms with van der Waals surface area (Å²) in [6.45, 7) is -0.134. The summed E-state index contributed by atoms with van der Waals surface area (Å²) in [5, 5.41) is 0. The number of anilines is 1. The largest absolute Gasteiger partial charge is 0.379 e. The van der Waals surface area contributed by atoms with Crippen LogP contribution in [0.2, 0.25) is 0 Å². The highest BCUT2D eigenvalue weighted by Gasteiger charge is 2.37. The van der Waals surface area contributed by atoms with E-state index in [1.807, 2.05) is 0 Å². The van der Waals surface area contributed by atoms with E-state index in [0.717, 1.165) is 0 Å². The van der Waals surface area contributed by atoms with Gasteiger partial charge in [-0.25, -0.2) is 4.98 Å². The summed E-state index contributed by atoms with van der Waals surface area (Å²) in [5.74, 6) is -0.608. The summed E-state index contributed by atoms with van der Waals surface area (Å²) < 4.78 is 29.1. The lowest BCUT2D eigenvalue weighted by atomic mass is 10.2. The number of rotatable bonds is 9. The molecule has 32 heavy (non-hydrogen) atoms. The summed E-state index contributed by atoms with van der Waals surface area (Å²) in [4.78, 5) is 72.6. The third-order valence-electron chi connectivity index (χ3n) is 5.01. The van der Waals surface area contributed by atoms with E-state index in [0.29, 0.717) is 6.42 Å². The molecular weight excluding hydrogens is 470 g/mol. The summed E-state index contributed by atoms with van der Waals surface area (Å²) in [6, 6.07) is -0.916. The van der Waals surface area contributed by atoms with Crippen molar-refractivity contribution >= 4 is 38.2 Å². The number of aromatic amines is 1. The Balaban J connectivity index is 1.79. The molecule has 2 aromatic rings. The van der Waals surface area contributed by atoms with E-state index < -0.39 is 45.0 Å². The van der Waals surface area contributed by atoms with Crippen LogP contribution in [0, 0.1) is 0 Å². The summed E-state index contributed by atoms with van der Waals surface area (Å²) >= 11 is 0. The van der Waals surface area contributed by atoms with Gasteiger partial charge in [0.05, 0.1) is 43.9 Å². The lowest BCUT2D eigenvalue weighted by Gasteiger charge is -2.24. The molecule has 0 aliphatic carbocycles. The van der Waals surface area contributed by atoms with Crippen LogP contribution in [0.5, 0.6) is 0 Å². The van der Waals surface area contributed by atoms with Crippen LogP contribution >= 0.6 is 15.2 Å². The highest BCUT2D eigenvalue weighted by molar-refractivity contribution is 7.52. The fourth-order valence-electron chi connectivity index (χ4n) is 3.55. The van der Waals surface area contributed by atoms with E-state index in [1.54, 1.807) is 4.57 Å². The van der Waals surface area contributed by atoms with Crippen molar-refractivity contribution in [3.05, 3.63) is 16.7 Å². The van der Waals surface area contributed by atoms with Crippen molar-refractivity contribution in [2.75, 3.05) is 37.8 Å². The maximum Gasteiger partial charge on any atom is 0.327 e. The average molecular weight is 494 g/mol. The predicted molar refractivity (Wildman–Crippen MR) is 111 cm³/mol. The smallest absolute Gasteiger partial charge is 0.327 e. The van der Waals surface area contributed by atoms with Crippen molar-refractivity contribution in [3.63, 3.8) is 0 Å². The molecule has 17 heteroatoms. The van der Waals surface area contributed by atoms with Crippen molar-refractivity contribution in [3.8, 4) is 0 Å². The number of nitrogens with two attached hydrogens (primary N) is 1. The van der Waals surface area contributed by atoms with Gasteiger partial charge in [-0.05, 0) is 6.42 Å². The molecule has 1 aliphatic rings. The number of aromatic nitrogens is 4. The molecule has 1 amide bonds. The van der Waals surface area contributed by atoms with Crippen LogP contribution in [-0.2, 0) is 18.7 Å². The van der Waals surface area contributed by atoms with Gasteiger partial charge in [0.25, 0.3) is 5.56 Å². The molecule has 1 fully saturated rings. The number of imidazole rings is 1. The number of carbonyl (C=O) groups excluding carboxylic acids is 1. The second-order valence-corrected chi connectivity index (χ2v) is 11.0. The molecule has 2 aromatic heterocycles. The number of H-pyrrole nitrogens is 1. The Bertz CT molecular complexity index is 1140. The number of amides is 1. The molecule has 0 saturated carbocycles. The number of carbonyl (C=O) groups is 1. The number of hydrogen-bond donors (Lipinski definition) is 6. The van der Waals surface area contributed by atoms with Crippen molar-refractivity contribution < 1.29 is 38.2 Å². The van der Waals surface area contributed by atoms with E-state index in [4.69, 9.17) is 30.0 Å². The van der Waals surface area contributed by atoms with Gasteiger partial charge in [-0.15, -0.1) is 0 Å². The number of fused-ring (bicyclic) bond motifs is 1. The van der Waals surface area contributed by atoms with Gasteiger partial charge in [0.2, 0.25) is 11.9 Å². The summed E-state index contributed by atoms with van der Waals surface area (Å²) in [6.07, 6.45) is 0.253. The van der Waals surface area contributed by atoms with Crippen LogP contribution in [0.3, 0.4) is 0 Å². The average Bonchev–Trinajstić information content (AvgIpc) is 3.26. The minimum atomic E-state index is -4.37. The predicted octanol–water partition coefficient (Wildman–Crippen LogP) is -1.39. The lowest BCUT2D eigenvalue weighted by molar-refractivity contribution is -0.132. The third-order valence-corrected chi connectivity index (χ3v) is 6.58. The number of hydrogen-bond acceptors (Lipinski definition) is 8. The monoisotopic (exact) mass is 494 g/mol. The number of nitrogens with zero attached hydrogens (tertiary/aromatic N) is 4. The van der Waals surface area contributed by atoms with Gasteiger partial charge in [0.15, 0.2) is 11.2 Å². The third kappa shape index (κ3) is 6.23. The molecule has 7 N–H and O–H groups in total. The molecule has 1 saturated heterocycles. The van der Waals surface area contributed by atoms with E-state index in [9.17, 15) is 18.7 Å². The molecule has 0 radical (unpaired) electrons. The molecule has 2 atom stereocenters. The minimum Gasteiger partial charge on any atom is -0.379 e. The maximum atomic E-state index is 12.7. The van der Waals surface area contributed by atoms with Gasteiger partial charge in [-0.2, -0.15) is 4.98 Å². The first kappa shape index (κ1) is 24.5. The zero-order valence-corrected chi connectivity index (χ0v) is 18.6. The summed E-state index contributed by atoms with van der Waals surface area (Å²) in [7, 11) is -8.61. The molecule has 0 spiro atoms. The first-order valence-corrected chi connectivity index (χ1v) is 13.1. The molecule has 178 valence electrons. The number of nitrogen functional groups attached to an aromatic ring is 1. The normalized spacial score (nSPS) is 19.7. The summed E-state index contributed by atoms with van der Waals surface area (Å²) in [5.41, 5.74) is 5.40. The fourth-order valence-corrected chi connectivity index (χ4v) is 4.40. The highest BCUT2D eigenvalue weighted by Crippen LogP contribution is 2.37. The van der Waals surface area contributed by atoms with Crippen LogP contribution in [-0.4, -0.2) is 88.0 Å². The van der Waals surface area contributed by atoms with Crippen LogP contribution in [0.15, 0.2) is 11.1 Å². The van der Waals surface area contributed by atoms with Crippen LogP contribution < -0.4 is 11.3 Å². The molecule has 15 nitrogen and oxygen atoms in total. The van der Waals surface area contributed by atoms with E-state index in [2.05, 4.69) is 15.0 Å². The fraction of sp³-hybridized carbons (Fsp3) is 0.600. The Labute approximate surface area is 180 Å². The quantitative estimate of drug-likeness (QED) is 0.175. The number of likely N-dealkylation sites (tertiary alicyclic amines) is 1. The number of ether oxygens (including phenoxy) is 1. The second-order valence-electron chi connectivity index (χ2n) is 7.47. The van der Waals surface area contributed by atoms with Crippen molar-refractivity contribution in [2.45, 2.75) is 24.9 Å². The van der Waals surface area contributed by atoms with Crippen LogP contribution in [0.25, 0.3) is 11.2 Å². The first-order chi connectivity index (χ1) is 14.8. The number of nitrogens with one attached hydrogen (secondary N) is 1. The zero-order valence-electron chi connectivity index (χ0n) is 16.8. The van der Waals surface area contributed by atoms with E-state index >= 15 is 0 Å². The minimum absolute atomic E-state index is 0.0407. The second kappa shape index (κ2) is 9.40. The van der Waals surface area contributed by atoms with Crippen molar-refractivity contribution in [1.82, 2.24) is 24.4 Å². The standard InChI is InChI=1S/C15H24N6O9P2/c16-15-18-13-12(14(23)19-15)17-8-21(13)9-5-10(7-30-2-4-32(27,28)29)20(6-9)11(22)1-3-31(24,25)26/h8-10H,1-7H2,(H2,24,25,26)(H2,27,28,29)(H3,16,18,19,23)/t9-,10+/m1/s1. The first-order valence-electron chi connectivity index (χ1n) is 9.53. The van der Waals surface area contributed by atoms with E-state index in [1.165, 1.54) is 11.2 Å². The molecular formula is C15H24N6O9P2. The van der Waals surface area contributed by atoms with Gasteiger partial charge < -0.3 is 39.5 Å². The van der Waals surface area contributed by atoms with Gasteiger partial charge in [0, 0.05) is 13.0 Å². The highest BCUT2D eigenvalue weighted by atomic mass is 31.2. The maximum absolute atomic E-state index is 12.7. The Morgan fingerprint density at radius 3 is 2.59 bits per heavy atom. The molecule has 0 aromatic carbocycles. The Morgan fingerprint density at radius 2 is 1.94 bits per heavy atom. The molecule has 3 rings (SSSR count). The molecule has 3 heterocycles. The SMILES string of the molecule is Nc1nc2c(ncn2[C@@H]2C[C@@H](COCCP(=O)(O)O)N(C(=O)CCP(=O)(O)O)C2)c(=O)[nH]1. The lowest BCUT2D eigenvalue weighted by Crippen LogP contribution is -2.39. The van der Waals surface area contributed by atoms with Gasteiger partial charge in [0.1, 0.15) is 0 Å². The topological polar surface area (TPSA) is 234 Å². The van der Waals surface area contributed by atoms with Crippen LogP contribution in [0.4, 0.5) is 5.95 Å². The van der Waals surface area contributed by atoms with Gasteiger partial charge in [-0.3, -0.25) is 23.7 Å². The van der Waals surface area contributed by atoms with Gasteiger partial charge in [-0.1, -0.05) is 0 Å². The van der Waals surface area contributed by atoms with Crippen molar-refractivity contribution in [2.24, 2.45) is 0 Å².